The van der Waals surface area contributed by atoms with Crippen LogP contribution in [0.4, 0.5) is 16.2 Å². The van der Waals surface area contributed by atoms with Crippen molar-refractivity contribution in [2.75, 3.05) is 29.9 Å². The van der Waals surface area contributed by atoms with Crippen molar-refractivity contribution in [3.63, 3.8) is 0 Å². The lowest BCUT2D eigenvalue weighted by molar-refractivity contribution is 0.0939. The van der Waals surface area contributed by atoms with Gasteiger partial charge in [-0.2, -0.15) is 0 Å². The molecule has 1 saturated heterocycles. The van der Waals surface area contributed by atoms with Crippen LogP contribution in [-0.4, -0.2) is 37.6 Å². The molecule has 0 aliphatic carbocycles. The van der Waals surface area contributed by atoms with E-state index in [0.29, 0.717) is 17.8 Å². The number of hydrogen-bond acceptors (Lipinski definition) is 3. The minimum atomic E-state index is -0.262. The number of carbonyl (C=O) groups excluding carboxylic acids is 2. The molecule has 1 aromatic carbocycles. The summed E-state index contributed by atoms with van der Waals surface area (Å²) in [7, 11) is 0. The van der Waals surface area contributed by atoms with Crippen molar-refractivity contribution in [2.45, 2.75) is 52.5 Å². The van der Waals surface area contributed by atoms with Crippen LogP contribution in [0.3, 0.4) is 0 Å². The minimum absolute atomic E-state index is 0.0885. The summed E-state index contributed by atoms with van der Waals surface area (Å²) in [5.74, 6) is -0.0885. The van der Waals surface area contributed by atoms with Crippen LogP contribution < -0.4 is 20.9 Å². The molecule has 0 bridgehead atoms. The molecule has 3 amide bonds. The SMILES string of the molecule is CCNC(=O)Nc1ccc(N2CCCCC2)c(C(=O)N[C@@H](C)CC)c1. The molecule has 2 rings (SSSR count). The molecule has 6 heteroatoms. The third-order valence-electron chi connectivity index (χ3n) is 4.52. The average molecular weight is 346 g/mol. The van der Waals surface area contributed by atoms with Crippen molar-refractivity contribution in [1.82, 2.24) is 10.6 Å². The van der Waals surface area contributed by atoms with E-state index in [9.17, 15) is 9.59 Å². The molecule has 0 aromatic heterocycles. The van der Waals surface area contributed by atoms with Crippen LogP contribution in [0.2, 0.25) is 0 Å². The number of rotatable bonds is 6. The van der Waals surface area contributed by atoms with Gasteiger partial charge < -0.3 is 20.9 Å². The van der Waals surface area contributed by atoms with Gasteiger partial charge in [0, 0.05) is 37.1 Å². The minimum Gasteiger partial charge on any atom is -0.371 e. The van der Waals surface area contributed by atoms with Crippen molar-refractivity contribution in [2.24, 2.45) is 0 Å². The second-order valence-corrected chi connectivity index (χ2v) is 6.55. The molecule has 0 unspecified atom stereocenters. The molecule has 1 fully saturated rings. The maximum Gasteiger partial charge on any atom is 0.319 e. The second kappa shape index (κ2) is 9.30. The van der Waals surface area contributed by atoms with Crippen molar-refractivity contribution >= 4 is 23.3 Å². The lowest BCUT2D eigenvalue weighted by atomic mass is 10.1. The van der Waals surface area contributed by atoms with Gasteiger partial charge >= 0.3 is 6.03 Å². The monoisotopic (exact) mass is 346 g/mol. The number of piperidine rings is 1. The summed E-state index contributed by atoms with van der Waals surface area (Å²) >= 11 is 0. The molecule has 138 valence electrons. The fraction of sp³-hybridized carbons (Fsp3) is 0.579. The lowest BCUT2D eigenvalue weighted by Gasteiger charge is -2.31. The first-order valence-electron chi connectivity index (χ1n) is 9.29. The highest BCUT2D eigenvalue weighted by Crippen LogP contribution is 2.27. The normalized spacial score (nSPS) is 15.4. The summed E-state index contributed by atoms with van der Waals surface area (Å²) in [5.41, 5.74) is 2.19. The van der Waals surface area contributed by atoms with Gasteiger partial charge in [-0.3, -0.25) is 4.79 Å². The van der Waals surface area contributed by atoms with Gasteiger partial charge in [-0.15, -0.1) is 0 Å². The van der Waals surface area contributed by atoms with Gasteiger partial charge in [0.25, 0.3) is 5.91 Å². The van der Waals surface area contributed by atoms with E-state index >= 15 is 0 Å². The number of carbonyl (C=O) groups is 2. The smallest absolute Gasteiger partial charge is 0.319 e. The number of nitrogens with zero attached hydrogens (tertiary/aromatic N) is 1. The number of hydrogen-bond donors (Lipinski definition) is 3. The molecule has 0 spiro atoms. The number of anilines is 2. The molecule has 1 aromatic rings. The first-order valence-corrected chi connectivity index (χ1v) is 9.29. The Morgan fingerprint density at radius 3 is 2.52 bits per heavy atom. The maximum absolute atomic E-state index is 12.8. The second-order valence-electron chi connectivity index (χ2n) is 6.55. The summed E-state index contributed by atoms with van der Waals surface area (Å²) in [5, 5.41) is 8.53. The van der Waals surface area contributed by atoms with Gasteiger partial charge in [-0.25, -0.2) is 4.79 Å². The quantitative estimate of drug-likeness (QED) is 0.739. The average Bonchev–Trinajstić information content (AvgIpc) is 2.62. The molecule has 0 radical (unpaired) electrons. The molecule has 1 aliphatic heterocycles. The van der Waals surface area contributed by atoms with Crippen molar-refractivity contribution in [1.29, 1.82) is 0 Å². The van der Waals surface area contributed by atoms with Gasteiger partial charge in [0.1, 0.15) is 0 Å². The van der Waals surface area contributed by atoms with E-state index in [-0.39, 0.29) is 18.0 Å². The first-order chi connectivity index (χ1) is 12.0. The predicted octanol–water partition coefficient (Wildman–Crippen LogP) is 3.35. The van der Waals surface area contributed by atoms with E-state index in [1.807, 2.05) is 32.9 Å². The van der Waals surface area contributed by atoms with Gasteiger partial charge in [0.2, 0.25) is 0 Å². The number of amides is 3. The first kappa shape index (κ1) is 19.1. The van der Waals surface area contributed by atoms with Crippen molar-refractivity contribution in [3.05, 3.63) is 23.8 Å². The molecule has 1 atom stereocenters. The van der Waals surface area contributed by atoms with Gasteiger partial charge in [-0.05, 0) is 57.7 Å². The highest BCUT2D eigenvalue weighted by atomic mass is 16.2. The third-order valence-corrected chi connectivity index (χ3v) is 4.52. The van der Waals surface area contributed by atoms with Crippen LogP contribution in [0.5, 0.6) is 0 Å². The van der Waals surface area contributed by atoms with Crippen LogP contribution in [-0.2, 0) is 0 Å². The van der Waals surface area contributed by atoms with Gasteiger partial charge in [-0.1, -0.05) is 6.92 Å². The Morgan fingerprint density at radius 1 is 1.16 bits per heavy atom. The largest absolute Gasteiger partial charge is 0.371 e. The summed E-state index contributed by atoms with van der Waals surface area (Å²) in [6.07, 6.45) is 4.40. The van der Waals surface area contributed by atoms with E-state index in [0.717, 1.165) is 38.0 Å². The summed E-state index contributed by atoms with van der Waals surface area (Å²) in [4.78, 5) is 26.8. The fourth-order valence-corrected chi connectivity index (χ4v) is 2.95. The zero-order chi connectivity index (χ0) is 18.2. The molecule has 6 nitrogen and oxygen atoms in total. The summed E-state index contributed by atoms with van der Waals surface area (Å²) in [6.45, 7) is 8.39. The highest BCUT2D eigenvalue weighted by Gasteiger charge is 2.20. The van der Waals surface area contributed by atoms with Crippen LogP contribution in [0.15, 0.2) is 18.2 Å². The Balaban J connectivity index is 2.27. The van der Waals surface area contributed by atoms with Crippen LogP contribution in [0, 0.1) is 0 Å². The topological polar surface area (TPSA) is 73.5 Å². The number of benzene rings is 1. The van der Waals surface area contributed by atoms with E-state index in [4.69, 9.17) is 0 Å². The molecule has 1 aliphatic rings. The fourth-order valence-electron chi connectivity index (χ4n) is 2.95. The van der Waals surface area contributed by atoms with E-state index in [1.165, 1.54) is 6.42 Å². The standard InChI is InChI=1S/C19H30N4O2/c1-4-14(3)21-18(24)16-13-15(22-19(25)20-5-2)9-10-17(16)23-11-7-6-8-12-23/h9-10,13-14H,4-8,11-12H2,1-3H3,(H,21,24)(H2,20,22,25)/t14-/m0/s1. The summed E-state index contributed by atoms with van der Waals surface area (Å²) < 4.78 is 0. The van der Waals surface area contributed by atoms with Crippen LogP contribution >= 0.6 is 0 Å². The lowest BCUT2D eigenvalue weighted by Crippen LogP contribution is -2.35. The number of nitrogens with one attached hydrogen (secondary N) is 3. The molecular formula is C19H30N4O2. The van der Waals surface area contributed by atoms with Gasteiger partial charge in [0.15, 0.2) is 0 Å². The Hall–Kier alpha value is -2.24. The number of urea groups is 1. The van der Waals surface area contributed by atoms with Crippen molar-refractivity contribution < 1.29 is 9.59 Å². The van der Waals surface area contributed by atoms with Crippen LogP contribution in [0.25, 0.3) is 0 Å². The Kier molecular flexibility index (Phi) is 7.10. The third kappa shape index (κ3) is 5.37. The Bertz CT molecular complexity index is 597. The maximum atomic E-state index is 12.8. The highest BCUT2D eigenvalue weighted by molar-refractivity contribution is 6.02. The van der Waals surface area contributed by atoms with E-state index < -0.39 is 0 Å². The van der Waals surface area contributed by atoms with Crippen LogP contribution in [0.1, 0.15) is 56.8 Å². The van der Waals surface area contributed by atoms with Crippen molar-refractivity contribution in [3.8, 4) is 0 Å². The van der Waals surface area contributed by atoms with Gasteiger partial charge in [0.05, 0.1) is 5.56 Å². The van der Waals surface area contributed by atoms with E-state index in [2.05, 4.69) is 20.9 Å². The molecule has 0 saturated carbocycles. The Labute approximate surface area is 150 Å². The molecule has 1 heterocycles. The predicted molar refractivity (Wildman–Crippen MR) is 102 cm³/mol. The zero-order valence-corrected chi connectivity index (χ0v) is 15.5. The molecule has 25 heavy (non-hydrogen) atoms. The Morgan fingerprint density at radius 2 is 1.88 bits per heavy atom. The molecular weight excluding hydrogens is 316 g/mol. The van der Waals surface area contributed by atoms with E-state index in [1.54, 1.807) is 6.07 Å². The zero-order valence-electron chi connectivity index (χ0n) is 15.5. The molecule has 3 N–H and O–H groups in total. The summed E-state index contributed by atoms with van der Waals surface area (Å²) in [6, 6.07) is 5.43.